The van der Waals surface area contributed by atoms with Gasteiger partial charge in [-0.2, -0.15) is 0 Å². The van der Waals surface area contributed by atoms with Crippen LogP contribution in [0.2, 0.25) is 0 Å². The topological polar surface area (TPSA) is 95.0 Å². The molecule has 0 atom stereocenters. The molecule has 0 N–H and O–H groups in total. The SMILES string of the molecule is Cc1cc(C)c(C)c([O-])c1C.Cc1ccc2cccc([O-])c2n1.Cc1ccc2cccc([O-])c2n1.[Al+3]. The minimum Gasteiger partial charge on any atom is -0.872 e. The summed E-state index contributed by atoms with van der Waals surface area (Å²) in [4.78, 5) is 8.33. The molecule has 0 aliphatic rings. The van der Waals surface area contributed by atoms with E-state index >= 15 is 0 Å². The van der Waals surface area contributed by atoms with Crippen LogP contribution in [0.3, 0.4) is 0 Å². The average molecular weight is 493 g/mol. The molecular formula is C30H29AlN2O3. The molecule has 0 amide bonds. The number of benzene rings is 3. The molecule has 2 aromatic heterocycles. The van der Waals surface area contributed by atoms with Crippen LogP contribution in [0.15, 0.2) is 66.7 Å². The maximum absolute atomic E-state index is 11.4. The van der Waals surface area contributed by atoms with Crippen molar-refractivity contribution in [1.29, 1.82) is 0 Å². The van der Waals surface area contributed by atoms with E-state index in [1.807, 2.05) is 77.9 Å². The smallest absolute Gasteiger partial charge is 0.872 e. The van der Waals surface area contributed by atoms with Crippen molar-refractivity contribution >= 4 is 39.2 Å². The summed E-state index contributed by atoms with van der Waals surface area (Å²) in [5.41, 5.74) is 6.85. The van der Waals surface area contributed by atoms with Crippen LogP contribution < -0.4 is 15.3 Å². The number of para-hydroxylation sites is 2. The molecule has 0 aliphatic carbocycles. The minimum atomic E-state index is -0.00352. The molecule has 3 aromatic carbocycles. The minimum absolute atomic E-state index is 0. The van der Waals surface area contributed by atoms with Crippen LogP contribution in [-0.4, -0.2) is 27.3 Å². The molecule has 0 saturated carbocycles. The van der Waals surface area contributed by atoms with E-state index in [0.717, 1.165) is 44.4 Å². The number of aromatic nitrogens is 2. The van der Waals surface area contributed by atoms with Gasteiger partial charge in [0.15, 0.2) is 0 Å². The van der Waals surface area contributed by atoms with E-state index in [1.54, 1.807) is 12.1 Å². The first-order valence-corrected chi connectivity index (χ1v) is 11.4. The van der Waals surface area contributed by atoms with E-state index in [1.165, 1.54) is 12.1 Å². The first kappa shape index (κ1) is 28.6. The Hall–Kier alpha value is -3.59. The third-order valence-corrected chi connectivity index (χ3v) is 5.94. The van der Waals surface area contributed by atoms with E-state index in [0.29, 0.717) is 11.0 Å². The molecule has 5 aromatic rings. The molecule has 0 radical (unpaired) electrons. The maximum Gasteiger partial charge on any atom is 3.00 e. The zero-order valence-electron chi connectivity index (χ0n) is 21.5. The van der Waals surface area contributed by atoms with Crippen molar-refractivity contribution < 1.29 is 15.3 Å². The summed E-state index contributed by atoms with van der Waals surface area (Å²) in [6.07, 6.45) is 0. The van der Waals surface area contributed by atoms with Crippen molar-refractivity contribution in [3.05, 3.63) is 100 Å². The van der Waals surface area contributed by atoms with Gasteiger partial charge in [-0.05, 0) is 75.6 Å². The van der Waals surface area contributed by atoms with E-state index < -0.39 is 0 Å². The van der Waals surface area contributed by atoms with Gasteiger partial charge in [0.1, 0.15) is 0 Å². The van der Waals surface area contributed by atoms with Gasteiger partial charge in [-0.15, -0.1) is 5.75 Å². The molecule has 0 spiro atoms. The third kappa shape index (κ3) is 6.75. The molecule has 0 fully saturated rings. The third-order valence-electron chi connectivity index (χ3n) is 5.94. The second kappa shape index (κ2) is 12.4. The fraction of sp³-hybridized carbons (Fsp3) is 0.200. The Labute approximate surface area is 223 Å². The van der Waals surface area contributed by atoms with Gasteiger partial charge >= 0.3 is 17.4 Å². The van der Waals surface area contributed by atoms with Gasteiger partial charge in [-0.25, -0.2) is 0 Å². The second-order valence-electron chi connectivity index (χ2n) is 8.65. The van der Waals surface area contributed by atoms with Crippen molar-refractivity contribution in [3.63, 3.8) is 0 Å². The van der Waals surface area contributed by atoms with Crippen molar-refractivity contribution in [2.24, 2.45) is 0 Å². The quantitative estimate of drug-likeness (QED) is 0.288. The summed E-state index contributed by atoms with van der Waals surface area (Å²) >= 11 is 0. The maximum atomic E-state index is 11.4. The second-order valence-corrected chi connectivity index (χ2v) is 8.65. The molecular weight excluding hydrogens is 463 g/mol. The van der Waals surface area contributed by atoms with E-state index in [4.69, 9.17) is 0 Å². The van der Waals surface area contributed by atoms with Crippen LogP contribution in [0.1, 0.15) is 33.6 Å². The summed E-state index contributed by atoms with van der Waals surface area (Å²) < 4.78 is 0. The number of hydrogen-bond acceptors (Lipinski definition) is 5. The zero-order chi connectivity index (χ0) is 25.7. The first-order chi connectivity index (χ1) is 16.6. The summed E-state index contributed by atoms with van der Waals surface area (Å²) in [6, 6.07) is 20.1. The Morgan fingerprint density at radius 2 is 0.917 bits per heavy atom. The Morgan fingerprint density at radius 1 is 0.528 bits per heavy atom. The van der Waals surface area contributed by atoms with Crippen LogP contribution >= 0.6 is 0 Å². The van der Waals surface area contributed by atoms with Crippen LogP contribution in [0.4, 0.5) is 0 Å². The Kier molecular flexibility index (Phi) is 9.86. The summed E-state index contributed by atoms with van der Waals surface area (Å²) in [6.45, 7) is 11.5. The summed E-state index contributed by atoms with van der Waals surface area (Å²) in [7, 11) is 0. The fourth-order valence-corrected chi connectivity index (χ4v) is 3.62. The molecule has 36 heavy (non-hydrogen) atoms. The molecule has 5 nitrogen and oxygen atoms in total. The van der Waals surface area contributed by atoms with Crippen molar-refractivity contribution in [2.75, 3.05) is 0 Å². The fourth-order valence-electron chi connectivity index (χ4n) is 3.62. The van der Waals surface area contributed by atoms with Crippen LogP contribution in [0, 0.1) is 41.5 Å². The molecule has 2 heterocycles. The van der Waals surface area contributed by atoms with Gasteiger partial charge in [-0.3, -0.25) is 9.97 Å². The molecule has 0 bridgehead atoms. The van der Waals surface area contributed by atoms with E-state index in [2.05, 4.69) is 16.0 Å². The standard InChI is InChI=1S/2C10H9NO.C10H14O.Al/c2*1-7-5-6-8-3-2-4-9(12)10(8)11-7;1-6-5-7(2)9(4)10(11)8(6)3;/h2*2-6,12H,1H3;5,11H,1-4H3;/q;;;+3/p-3. The normalized spacial score (nSPS) is 10.1. The Balaban J connectivity index is 0.000000188. The Bertz CT molecular complexity index is 1390. The monoisotopic (exact) mass is 492 g/mol. The number of rotatable bonds is 0. The Morgan fingerprint density at radius 3 is 1.31 bits per heavy atom. The van der Waals surface area contributed by atoms with E-state index in [-0.39, 0.29) is 34.6 Å². The molecule has 0 saturated heterocycles. The number of nitrogens with zero attached hydrogens (tertiary/aromatic N) is 2. The molecule has 0 unspecified atom stereocenters. The zero-order valence-corrected chi connectivity index (χ0v) is 22.7. The van der Waals surface area contributed by atoms with Gasteiger partial charge < -0.3 is 15.3 Å². The predicted molar refractivity (Wildman–Crippen MR) is 142 cm³/mol. The number of fused-ring (bicyclic) bond motifs is 2. The molecule has 5 rings (SSSR count). The van der Waals surface area contributed by atoms with Gasteiger partial charge in [0.05, 0.1) is 11.0 Å². The summed E-state index contributed by atoms with van der Waals surface area (Å²) in [5.74, 6) is 0.190. The number of aryl methyl sites for hydroxylation is 4. The number of hydrogen-bond donors (Lipinski definition) is 0. The van der Waals surface area contributed by atoms with Gasteiger partial charge in [0, 0.05) is 11.4 Å². The van der Waals surface area contributed by atoms with Crippen LogP contribution in [0.25, 0.3) is 21.8 Å². The van der Waals surface area contributed by atoms with Gasteiger partial charge in [0.2, 0.25) is 0 Å². The molecule has 180 valence electrons. The number of pyridine rings is 2. The van der Waals surface area contributed by atoms with Crippen molar-refractivity contribution in [3.8, 4) is 17.2 Å². The predicted octanol–water partition coefficient (Wildman–Crippen LogP) is 4.85. The van der Waals surface area contributed by atoms with Crippen LogP contribution in [0.5, 0.6) is 17.2 Å². The van der Waals surface area contributed by atoms with Crippen molar-refractivity contribution in [2.45, 2.75) is 41.5 Å². The van der Waals surface area contributed by atoms with Crippen molar-refractivity contribution in [1.82, 2.24) is 9.97 Å². The van der Waals surface area contributed by atoms with Crippen LogP contribution in [-0.2, 0) is 0 Å². The first-order valence-electron chi connectivity index (χ1n) is 11.4. The molecule has 0 aliphatic heterocycles. The summed E-state index contributed by atoms with van der Waals surface area (Å²) in [5, 5.41) is 35.8. The van der Waals surface area contributed by atoms with E-state index in [9.17, 15) is 15.3 Å². The molecule has 6 heteroatoms. The van der Waals surface area contributed by atoms with Gasteiger partial charge in [-0.1, -0.05) is 77.2 Å². The largest absolute Gasteiger partial charge is 3.00 e. The average Bonchev–Trinajstić information content (AvgIpc) is 2.83. The van der Waals surface area contributed by atoms with Gasteiger partial charge in [0.25, 0.3) is 0 Å².